The highest BCUT2D eigenvalue weighted by Crippen LogP contribution is 2.38. The van der Waals surface area contributed by atoms with Gasteiger partial charge in [-0.3, -0.25) is 14.3 Å². The number of hydrogen-bond donors (Lipinski definition) is 0. The molecule has 2 aliphatic heterocycles. The minimum Gasteiger partial charge on any atom is -0.342 e. The van der Waals surface area contributed by atoms with Crippen LogP contribution in [0.25, 0.3) is 0 Å². The summed E-state index contributed by atoms with van der Waals surface area (Å²) in [5.41, 5.74) is 0.115. The monoisotopic (exact) mass is 333 g/mol. The van der Waals surface area contributed by atoms with E-state index in [-0.39, 0.29) is 17.2 Å². The van der Waals surface area contributed by atoms with Crippen LogP contribution in [0.15, 0.2) is 12.7 Å². The van der Waals surface area contributed by atoms with Gasteiger partial charge in [0.2, 0.25) is 11.8 Å². The Morgan fingerprint density at radius 3 is 2.96 bits per heavy atom. The van der Waals surface area contributed by atoms with Gasteiger partial charge in [0.25, 0.3) is 0 Å². The van der Waals surface area contributed by atoms with Gasteiger partial charge in [-0.15, -0.1) is 0 Å². The second-order valence-corrected chi connectivity index (χ2v) is 7.09. The summed E-state index contributed by atoms with van der Waals surface area (Å²) in [5, 5.41) is 4.06. The molecule has 2 amide bonds. The summed E-state index contributed by atoms with van der Waals surface area (Å²) < 4.78 is 1.76. The summed E-state index contributed by atoms with van der Waals surface area (Å²) in [5.74, 6) is 0.494. The Morgan fingerprint density at radius 2 is 2.21 bits per heavy atom. The quantitative estimate of drug-likeness (QED) is 0.814. The molecule has 0 unspecified atom stereocenters. The van der Waals surface area contributed by atoms with E-state index in [9.17, 15) is 9.59 Å². The number of aromatic nitrogens is 3. The van der Waals surface area contributed by atoms with Gasteiger partial charge in [-0.25, -0.2) is 4.98 Å². The van der Waals surface area contributed by atoms with Gasteiger partial charge in [0, 0.05) is 51.0 Å². The first-order valence-electron chi connectivity index (χ1n) is 9.00. The largest absolute Gasteiger partial charge is 0.342 e. The second-order valence-electron chi connectivity index (χ2n) is 7.09. The smallest absolute Gasteiger partial charge is 0.222 e. The molecule has 132 valence electrons. The minimum atomic E-state index is 0.115. The topological polar surface area (TPSA) is 71.3 Å². The maximum atomic E-state index is 12.6. The van der Waals surface area contributed by atoms with Crippen molar-refractivity contribution in [1.29, 1.82) is 0 Å². The summed E-state index contributed by atoms with van der Waals surface area (Å²) in [7, 11) is 0. The molecule has 7 nitrogen and oxygen atoms in total. The van der Waals surface area contributed by atoms with Gasteiger partial charge in [-0.1, -0.05) is 0 Å². The Labute approximate surface area is 143 Å². The van der Waals surface area contributed by atoms with Gasteiger partial charge in [-0.2, -0.15) is 5.10 Å². The molecule has 7 heteroatoms. The maximum Gasteiger partial charge on any atom is 0.222 e. The van der Waals surface area contributed by atoms with Gasteiger partial charge in [-0.05, 0) is 32.6 Å². The third-order valence-electron chi connectivity index (χ3n) is 5.39. The van der Waals surface area contributed by atoms with E-state index in [1.54, 1.807) is 11.0 Å². The van der Waals surface area contributed by atoms with E-state index >= 15 is 0 Å². The predicted octanol–water partition coefficient (Wildman–Crippen LogP) is 1.31. The zero-order chi connectivity index (χ0) is 17.0. The van der Waals surface area contributed by atoms with Crippen molar-refractivity contribution in [3.8, 4) is 0 Å². The minimum absolute atomic E-state index is 0.115. The molecule has 2 fully saturated rings. The van der Waals surface area contributed by atoms with Gasteiger partial charge in [0.05, 0.1) is 0 Å². The fourth-order valence-corrected chi connectivity index (χ4v) is 4.04. The molecule has 2 saturated heterocycles. The fourth-order valence-electron chi connectivity index (χ4n) is 4.04. The zero-order valence-corrected chi connectivity index (χ0v) is 14.5. The Kier molecular flexibility index (Phi) is 5.16. The molecule has 3 rings (SSSR count). The molecule has 2 aliphatic rings. The molecule has 0 aliphatic carbocycles. The number of hydrogen-bond acceptors (Lipinski definition) is 4. The Morgan fingerprint density at radius 1 is 1.33 bits per heavy atom. The first-order valence-corrected chi connectivity index (χ1v) is 9.00. The molecule has 1 spiro atoms. The number of piperidine rings is 2. The van der Waals surface area contributed by atoms with E-state index in [0.29, 0.717) is 12.8 Å². The Bertz CT molecular complexity index is 574. The van der Waals surface area contributed by atoms with Crippen molar-refractivity contribution in [1.82, 2.24) is 24.6 Å². The lowest BCUT2D eigenvalue weighted by atomic mass is 9.73. The van der Waals surface area contributed by atoms with Crippen molar-refractivity contribution in [3.63, 3.8) is 0 Å². The summed E-state index contributed by atoms with van der Waals surface area (Å²) in [4.78, 5) is 32.4. The van der Waals surface area contributed by atoms with Crippen LogP contribution in [0, 0.1) is 5.41 Å². The van der Waals surface area contributed by atoms with Crippen LogP contribution in [0.2, 0.25) is 0 Å². The molecular formula is C17H27N5O2. The average Bonchev–Trinajstić information content (AvgIpc) is 3.11. The lowest BCUT2D eigenvalue weighted by Gasteiger charge is -2.48. The van der Waals surface area contributed by atoms with Crippen LogP contribution in [0.4, 0.5) is 0 Å². The molecule has 0 saturated carbocycles. The van der Waals surface area contributed by atoms with Crippen LogP contribution >= 0.6 is 0 Å². The van der Waals surface area contributed by atoms with E-state index < -0.39 is 0 Å². The normalized spacial score (nSPS) is 24.6. The van der Waals surface area contributed by atoms with E-state index in [1.807, 2.05) is 16.7 Å². The number of rotatable bonds is 5. The molecule has 24 heavy (non-hydrogen) atoms. The van der Waals surface area contributed by atoms with Crippen LogP contribution in [-0.4, -0.2) is 62.6 Å². The zero-order valence-electron chi connectivity index (χ0n) is 14.5. The molecule has 0 N–H and O–H groups in total. The summed E-state index contributed by atoms with van der Waals surface area (Å²) in [6.07, 6.45) is 8.24. The number of carbonyl (C=O) groups is 2. The third kappa shape index (κ3) is 3.76. The fraction of sp³-hybridized carbons (Fsp3) is 0.765. The van der Waals surface area contributed by atoms with Crippen molar-refractivity contribution < 1.29 is 9.59 Å². The first-order chi connectivity index (χ1) is 11.6. The summed E-state index contributed by atoms with van der Waals surface area (Å²) in [6.45, 7) is 6.00. The molecule has 1 atom stereocenters. The van der Waals surface area contributed by atoms with E-state index in [1.165, 1.54) is 6.33 Å². The lowest BCUT2D eigenvalue weighted by molar-refractivity contribution is -0.142. The van der Waals surface area contributed by atoms with Crippen molar-refractivity contribution in [2.75, 3.05) is 26.2 Å². The van der Waals surface area contributed by atoms with E-state index in [0.717, 1.165) is 58.4 Å². The van der Waals surface area contributed by atoms with Gasteiger partial charge >= 0.3 is 0 Å². The number of likely N-dealkylation sites (tertiary alicyclic amines) is 2. The van der Waals surface area contributed by atoms with Crippen molar-refractivity contribution in [3.05, 3.63) is 12.7 Å². The second kappa shape index (κ2) is 7.32. The molecule has 0 bridgehead atoms. The molecule has 3 heterocycles. The molecule has 0 aromatic carbocycles. The molecule has 1 aromatic rings. The first kappa shape index (κ1) is 16.9. The van der Waals surface area contributed by atoms with Gasteiger partial charge in [0.15, 0.2) is 0 Å². The Balaban J connectivity index is 1.52. The van der Waals surface area contributed by atoms with E-state index in [2.05, 4.69) is 10.1 Å². The predicted molar refractivity (Wildman–Crippen MR) is 89.0 cm³/mol. The highest BCUT2D eigenvalue weighted by molar-refractivity contribution is 5.78. The number of carbonyl (C=O) groups excluding carboxylic acids is 2. The number of amides is 2. The molecular weight excluding hydrogens is 306 g/mol. The van der Waals surface area contributed by atoms with Crippen LogP contribution in [0.1, 0.15) is 45.4 Å². The summed E-state index contributed by atoms with van der Waals surface area (Å²) >= 11 is 0. The highest BCUT2D eigenvalue weighted by atomic mass is 16.2. The SMILES string of the molecule is CCN1C[C@@]2(CCCN(C(=O)CCCn3cncn3)C2)CCC1=O. The van der Waals surface area contributed by atoms with Crippen molar-refractivity contribution >= 4 is 11.8 Å². The van der Waals surface area contributed by atoms with Gasteiger partial charge in [0.1, 0.15) is 12.7 Å². The lowest BCUT2D eigenvalue weighted by Crippen LogP contribution is -2.55. The van der Waals surface area contributed by atoms with Crippen LogP contribution in [0.5, 0.6) is 0 Å². The van der Waals surface area contributed by atoms with Crippen LogP contribution in [-0.2, 0) is 16.1 Å². The molecule has 1 aromatic heterocycles. The highest BCUT2D eigenvalue weighted by Gasteiger charge is 2.42. The third-order valence-corrected chi connectivity index (χ3v) is 5.39. The van der Waals surface area contributed by atoms with Crippen LogP contribution in [0.3, 0.4) is 0 Å². The van der Waals surface area contributed by atoms with Gasteiger partial charge < -0.3 is 9.80 Å². The number of aryl methyl sites for hydroxylation is 1. The summed E-state index contributed by atoms with van der Waals surface area (Å²) in [6, 6.07) is 0. The molecule has 0 radical (unpaired) electrons. The average molecular weight is 333 g/mol. The maximum absolute atomic E-state index is 12.6. The standard InChI is InChI=1S/C17H27N5O2/c1-2-20-11-17(8-6-16(20)24)7-4-9-21(12-17)15(23)5-3-10-22-14-18-13-19-22/h13-14H,2-12H2,1H3/t17-/m1/s1. The Hall–Kier alpha value is -1.92. The van der Waals surface area contributed by atoms with E-state index in [4.69, 9.17) is 0 Å². The number of nitrogens with zero attached hydrogens (tertiary/aromatic N) is 5. The van der Waals surface area contributed by atoms with Crippen molar-refractivity contribution in [2.45, 2.75) is 52.0 Å². The van der Waals surface area contributed by atoms with Crippen molar-refractivity contribution in [2.24, 2.45) is 5.41 Å². The van der Waals surface area contributed by atoms with Crippen LogP contribution < -0.4 is 0 Å².